The first-order chi connectivity index (χ1) is 12.7. The van der Waals surface area contributed by atoms with Crippen LogP contribution in [0.3, 0.4) is 0 Å². The molecule has 1 aromatic heterocycles. The molecule has 26 heavy (non-hydrogen) atoms. The third-order valence-corrected chi connectivity index (χ3v) is 4.73. The number of carbonyl (C=O) groups is 1. The summed E-state index contributed by atoms with van der Waals surface area (Å²) in [5.41, 5.74) is 0. The van der Waals surface area contributed by atoms with Crippen LogP contribution < -0.4 is 14.8 Å². The van der Waals surface area contributed by atoms with E-state index < -0.39 is 0 Å². The first kappa shape index (κ1) is 18.3. The van der Waals surface area contributed by atoms with Crippen molar-refractivity contribution in [3.05, 3.63) is 42.7 Å². The molecule has 0 unspecified atom stereocenters. The fraction of sp³-hybridized carbons (Fsp3) is 0.389. The third kappa shape index (κ3) is 4.19. The van der Waals surface area contributed by atoms with Crippen molar-refractivity contribution in [2.75, 3.05) is 18.9 Å². The minimum absolute atomic E-state index is 0.0160. The predicted molar refractivity (Wildman–Crippen MR) is 99.5 cm³/mol. The maximum absolute atomic E-state index is 11.8. The van der Waals surface area contributed by atoms with Gasteiger partial charge in [0.15, 0.2) is 28.6 Å². The molecule has 3 rings (SSSR count). The number of para-hydroxylation sites is 2. The van der Waals surface area contributed by atoms with Crippen molar-refractivity contribution in [2.45, 2.75) is 31.1 Å². The highest BCUT2D eigenvalue weighted by Crippen LogP contribution is 2.36. The van der Waals surface area contributed by atoms with Crippen molar-refractivity contribution >= 4 is 17.7 Å². The molecular weight excluding hydrogens is 352 g/mol. The monoisotopic (exact) mass is 374 g/mol. The van der Waals surface area contributed by atoms with E-state index >= 15 is 0 Å². The Bertz CT molecular complexity index is 778. The van der Waals surface area contributed by atoms with E-state index in [2.05, 4.69) is 22.1 Å². The van der Waals surface area contributed by atoms with Crippen LogP contribution in [0, 0.1) is 0 Å². The molecule has 0 radical (unpaired) electrons. The Balaban J connectivity index is 1.73. The summed E-state index contributed by atoms with van der Waals surface area (Å²) in [5, 5.41) is 12.0. The van der Waals surface area contributed by atoms with Crippen LogP contribution in [-0.4, -0.2) is 39.6 Å². The van der Waals surface area contributed by atoms with Gasteiger partial charge in [0.1, 0.15) is 6.61 Å². The number of benzene rings is 1. The molecule has 0 saturated heterocycles. The van der Waals surface area contributed by atoms with E-state index in [9.17, 15) is 4.79 Å². The number of nitrogens with one attached hydrogen (secondary N) is 1. The largest absolute Gasteiger partial charge is 0.485 e. The van der Waals surface area contributed by atoms with Gasteiger partial charge >= 0.3 is 0 Å². The first-order valence-electron chi connectivity index (χ1n) is 8.55. The van der Waals surface area contributed by atoms with Crippen molar-refractivity contribution in [1.82, 2.24) is 20.1 Å². The molecule has 1 N–H and O–H groups in total. The highest BCUT2D eigenvalue weighted by Gasteiger charge is 2.28. The fourth-order valence-corrected chi connectivity index (χ4v) is 3.32. The maximum atomic E-state index is 11.8. The van der Waals surface area contributed by atoms with Crippen molar-refractivity contribution < 1.29 is 14.3 Å². The minimum atomic E-state index is -0.361. The predicted octanol–water partition coefficient (Wildman–Crippen LogP) is 2.59. The van der Waals surface area contributed by atoms with Crippen LogP contribution in [0.5, 0.6) is 11.5 Å². The smallest absolute Gasteiger partial charge is 0.230 e. The molecule has 0 saturated carbocycles. The average molecular weight is 374 g/mol. The number of thioether (sulfide) groups is 1. The van der Waals surface area contributed by atoms with Crippen LogP contribution in [0.1, 0.15) is 25.3 Å². The molecule has 0 bridgehead atoms. The Morgan fingerprint density at radius 2 is 2.23 bits per heavy atom. The highest BCUT2D eigenvalue weighted by atomic mass is 32.2. The molecule has 138 valence electrons. The first-order valence-corrected chi connectivity index (χ1v) is 9.53. The van der Waals surface area contributed by atoms with Gasteiger partial charge in [-0.2, -0.15) is 0 Å². The summed E-state index contributed by atoms with van der Waals surface area (Å²) in [6.07, 6.45) is 2.32. The lowest BCUT2D eigenvalue weighted by Gasteiger charge is -2.26. The molecule has 8 heteroatoms. The van der Waals surface area contributed by atoms with E-state index in [4.69, 9.17) is 9.47 Å². The van der Waals surface area contributed by atoms with Crippen LogP contribution in [0.2, 0.25) is 0 Å². The van der Waals surface area contributed by atoms with E-state index in [1.165, 1.54) is 11.8 Å². The molecule has 1 aliphatic heterocycles. The van der Waals surface area contributed by atoms with Crippen molar-refractivity contribution in [1.29, 1.82) is 0 Å². The zero-order chi connectivity index (χ0) is 18.4. The van der Waals surface area contributed by atoms with Crippen molar-refractivity contribution in [3.8, 4) is 11.5 Å². The van der Waals surface area contributed by atoms with Crippen LogP contribution in [0.15, 0.2) is 42.1 Å². The van der Waals surface area contributed by atoms with Crippen LogP contribution in [0.25, 0.3) is 0 Å². The van der Waals surface area contributed by atoms with Crippen molar-refractivity contribution in [2.24, 2.45) is 0 Å². The van der Waals surface area contributed by atoms with Gasteiger partial charge < -0.3 is 14.8 Å². The number of ether oxygens (including phenoxy) is 2. The SMILES string of the molecule is C=CCn1c(SCC(=O)NCCC)nnc1[C@@H]1COc2ccccc2O1. The van der Waals surface area contributed by atoms with E-state index in [0.717, 1.165) is 12.2 Å². The number of fused-ring (bicyclic) bond motifs is 1. The topological polar surface area (TPSA) is 78.3 Å². The van der Waals surface area contributed by atoms with Gasteiger partial charge in [0.05, 0.1) is 5.75 Å². The van der Waals surface area contributed by atoms with Crippen LogP contribution >= 0.6 is 11.8 Å². The van der Waals surface area contributed by atoms with E-state index in [1.807, 2.05) is 35.8 Å². The van der Waals surface area contributed by atoms with Gasteiger partial charge in [0, 0.05) is 13.1 Å². The Kier molecular flexibility index (Phi) is 6.17. The van der Waals surface area contributed by atoms with Gasteiger partial charge in [-0.1, -0.05) is 36.9 Å². The quantitative estimate of drug-likeness (QED) is 0.565. The maximum Gasteiger partial charge on any atom is 0.230 e. The van der Waals surface area contributed by atoms with Gasteiger partial charge in [-0.25, -0.2) is 0 Å². The standard InChI is InChI=1S/C18H22N4O3S/c1-3-9-19-16(23)12-26-18-21-20-17(22(18)10-4-2)15-11-24-13-7-5-6-8-14(13)25-15/h4-8,15H,2-3,9-12H2,1H3,(H,19,23)/t15-/m0/s1. The zero-order valence-corrected chi connectivity index (χ0v) is 15.5. The number of hydrogen-bond acceptors (Lipinski definition) is 6. The minimum Gasteiger partial charge on any atom is -0.485 e. The molecule has 2 aromatic rings. The normalized spacial score (nSPS) is 15.5. The number of nitrogens with zero attached hydrogens (tertiary/aromatic N) is 3. The summed E-state index contributed by atoms with van der Waals surface area (Å²) in [6.45, 7) is 7.38. The lowest BCUT2D eigenvalue weighted by molar-refractivity contribution is -0.118. The summed E-state index contributed by atoms with van der Waals surface area (Å²) in [7, 11) is 0. The number of hydrogen-bond donors (Lipinski definition) is 1. The summed E-state index contributed by atoms with van der Waals surface area (Å²) >= 11 is 1.35. The van der Waals surface area contributed by atoms with Gasteiger partial charge in [0.25, 0.3) is 0 Å². The van der Waals surface area contributed by atoms with E-state index in [1.54, 1.807) is 6.08 Å². The molecule has 1 atom stereocenters. The third-order valence-electron chi connectivity index (χ3n) is 3.76. The molecule has 0 aliphatic carbocycles. The second kappa shape index (κ2) is 8.75. The Morgan fingerprint density at radius 3 is 3.00 bits per heavy atom. The second-order valence-electron chi connectivity index (χ2n) is 5.74. The summed E-state index contributed by atoms with van der Waals surface area (Å²) < 4.78 is 13.7. The summed E-state index contributed by atoms with van der Waals surface area (Å²) in [6, 6.07) is 7.54. The van der Waals surface area contributed by atoms with E-state index in [-0.39, 0.29) is 12.0 Å². The molecule has 0 fully saturated rings. The Labute approximate surface area is 156 Å². The van der Waals surface area contributed by atoms with E-state index in [0.29, 0.717) is 42.2 Å². The van der Waals surface area contributed by atoms with Gasteiger partial charge in [0.2, 0.25) is 5.91 Å². The average Bonchev–Trinajstić information content (AvgIpc) is 3.07. The Hall–Kier alpha value is -2.48. The number of amides is 1. The van der Waals surface area contributed by atoms with Crippen LogP contribution in [-0.2, 0) is 11.3 Å². The summed E-state index contributed by atoms with van der Waals surface area (Å²) in [4.78, 5) is 11.8. The van der Waals surface area contributed by atoms with Gasteiger partial charge in [-0.15, -0.1) is 16.8 Å². The number of allylic oxidation sites excluding steroid dienone is 1. The highest BCUT2D eigenvalue weighted by molar-refractivity contribution is 7.99. The lowest BCUT2D eigenvalue weighted by Crippen LogP contribution is -2.26. The van der Waals surface area contributed by atoms with Gasteiger partial charge in [-0.05, 0) is 18.6 Å². The molecular formula is C18H22N4O3S. The number of rotatable bonds is 8. The fourth-order valence-electron chi connectivity index (χ4n) is 2.54. The van der Waals surface area contributed by atoms with Crippen molar-refractivity contribution in [3.63, 3.8) is 0 Å². The molecule has 7 nitrogen and oxygen atoms in total. The molecule has 1 amide bonds. The molecule has 2 heterocycles. The van der Waals surface area contributed by atoms with Gasteiger partial charge in [-0.3, -0.25) is 9.36 Å². The lowest BCUT2D eigenvalue weighted by atomic mass is 10.2. The Morgan fingerprint density at radius 1 is 1.42 bits per heavy atom. The zero-order valence-electron chi connectivity index (χ0n) is 14.7. The summed E-state index contributed by atoms with van der Waals surface area (Å²) in [5.74, 6) is 2.35. The number of aromatic nitrogens is 3. The van der Waals surface area contributed by atoms with Crippen LogP contribution in [0.4, 0.5) is 0 Å². The second-order valence-corrected chi connectivity index (χ2v) is 6.69. The molecule has 1 aliphatic rings. The molecule has 1 aromatic carbocycles. The molecule has 0 spiro atoms. The number of carbonyl (C=O) groups excluding carboxylic acids is 1.